The Kier molecular flexibility index (Phi) is 6.65. The van der Waals surface area contributed by atoms with Crippen LogP contribution >= 0.6 is 31.9 Å². The van der Waals surface area contributed by atoms with Gasteiger partial charge in [-0.25, -0.2) is 4.79 Å². The molecule has 8 heteroatoms. The maximum Gasteiger partial charge on any atom is 0.329 e. The second-order valence-electron chi connectivity index (χ2n) is 9.59. The summed E-state index contributed by atoms with van der Waals surface area (Å²) in [5.41, 5.74) is 1.48. The lowest BCUT2D eigenvalue weighted by molar-refractivity contribution is -0.159. The van der Waals surface area contributed by atoms with Crippen LogP contribution in [0.15, 0.2) is 24.3 Å². The summed E-state index contributed by atoms with van der Waals surface area (Å²) < 4.78 is 5.34. The van der Waals surface area contributed by atoms with Crippen molar-refractivity contribution >= 4 is 55.4 Å². The summed E-state index contributed by atoms with van der Waals surface area (Å²) in [5.74, 6) is -2.12. The first-order valence-electron chi connectivity index (χ1n) is 11.0. The smallest absolute Gasteiger partial charge is 0.329 e. The van der Waals surface area contributed by atoms with E-state index in [1.165, 1.54) is 0 Å². The molecule has 0 spiro atoms. The minimum absolute atomic E-state index is 0.0611. The predicted octanol–water partition coefficient (Wildman–Crippen LogP) is 3.91. The zero-order chi connectivity index (χ0) is 23.3. The van der Waals surface area contributed by atoms with Crippen molar-refractivity contribution in [2.75, 3.05) is 6.61 Å². The summed E-state index contributed by atoms with van der Waals surface area (Å²) in [6.45, 7) is 5.36. The Hall–Kier alpha value is -1.54. The van der Waals surface area contributed by atoms with Crippen molar-refractivity contribution in [3.05, 3.63) is 35.4 Å². The van der Waals surface area contributed by atoms with Crippen LogP contribution in [0, 0.1) is 36.5 Å². The highest BCUT2D eigenvalue weighted by Gasteiger charge is 2.67. The molecule has 4 rings (SSSR count). The minimum Gasteiger partial charge on any atom is -0.456 e. The van der Waals surface area contributed by atoms with E-state index in [9.17, 15) is 19.2 Å². The Balaban J connectivity index is 1.50. The molecule has 172 valence electrons. The number of Topliss-reactive ketones (excluding diaryl/α,β-unsaturated/α-hetero) is 1. The molecular formula is C24H27Br2NO5. The van der Waals surface area contributed by atoms with Crippen molar-refractivity contribution < 1.29 is 23.9 Å². The van der Waals surface area contributed by atoms with E-state index < -0.39 is 18.6 Å². The first-order valence-corrected chi connectivity index (χ1v) is 12.9. The number of aryl methyl sites for hydroxylation is 1. The quantitative estimate of drug-likeness (QED) is 0.216. The van der Waals surface area contributed by atoms with Crippen molar-refractivity contribution in [1.82, 2.24) is 4.90 Å². The van der Waals surface area contributed by atoms with Crippen LogP contribution in [0.5, 0.6) is 0 Å². The molecule has 0 N–H and O–H groups in total. The summed E-state index contributed by atoms with van der Waals surface area (Å²) >= 11 is 7.36. The van der Waals surface area contributed by atoms with Gasteiger partial charge in [0, 0.05) is 15.2 Å². The number of amides is 2. The lowest BCUT2D eigenvalue weighted by atomic mass is 9.81. The number of carbonyl (C=O) groups excluding carboxylic acids is 4. The average Bonchev–Trinajstić information content (AvgIpc) is 3.35. The standard InChI is InChI=1S/C24H27Br2NO5/c1-11(2)8-16(24(31)32-10-17(28)13-6-4-12(3)5-7-13)27-22(29)18-14-9-15(19(18)23(27)30)21(26)20(14)25/h4-7,11,14-16,18-21H,8-10H2,1-3H3/t14-,15-,16+,18-,19+,20-,21+/m0/s1. The van der Waals surface area contributed by atoms with E-state index in [1.807, 2.05) is 32.9 Å². The molecule has 0 unspecified atom stereocenters. The molecule has 2 saturated carbocycles. The van der Waals surface area contributed by atoms with Crippen molar-refractivity contribution in [3.63, 3.8) is 0 Å². The monoisotopic (exact) mass is 567 g/mol. The van der Waals surface area contributed by atoms with E-state index in [2.05, 4.69) is 31.9 Å². The molecule has 3 fully saturated rings. The van der Waals surface area contributed by atoms with Crippen LogP contribution in [-0.4, -0.2) is 50.8 Å². The first kappa shape index (κ1) is 23.6. The predicted molar refractivity (Wildman–Crippen MR) is 126 cm³/mol. The highest BCUT2D eigenvalue weighted by Crippen LogP contribution is 2.60. The molecular weight excluding hydrogens is 542 g/mol. The van der Waals surface area contributed by atoms with E-state index in [0.717, 1.165) is 16.9 Å². The second kappa shape index (κ2) is 9.01. The number of nitrogens with zero attached hydrogens (tertiary/aromatic N) is 1. The van der Waals surface area contributed by atoms with Gasteiger partial charge in [0.2, 0.25) is 11.8 Å². The molecule has 7 atom stereocenters. The van der Waals surface area contributed by atoms with Crippen LogP contribution < -0.4 is 0 Å². The number of likely N-dealkylation sites (tertiary alicyclic amines) is 1. The Morgan fingerprint density at radius 1 is 1.03 bits per heavy atom. The molecule has 32 heavy (non-hydrogen) atoms. The molecule has 3 aliphatic rings. The number of imide groups is 1. The molecule has 1 aliphatic heterocycles. The third-order valence-electron chi connectivity index (χ3n) is 7.02. The number of carbonyl (C=O) groups is 4. The molecule has 2 bridgehead atoms. The van der Waals surface area contributed by atoms with E-state index in [1.54, 1.807) is 12.1 Å². The molecule has 1 aromatic rings. The maximum atomic E-state index is 13.4. The normalized spacial score (nSPS) is 31.9. The third-order valence-corrected chi connectivity index (χ3v) is 10.2. The fourth-order valence-electron chi connectivity index (χ4n) is 5.49. The summed E-state index contributed by atoms with van der Waals surface area (Å²) in [6.07, 6.45) is 1.14. The number of esters is 1. The van der Waals surface area contributed by atoms with Gasteiger partial charge >= 0.3 is 5.97 Å². The molecule has 6 nitrogen and oxygen atoms in total. The van der Waals surface area contributed by atoms with Crippen LogP contribution in [0.2, 0.25) is 0 Å². The zero-order valence-electron chi connectivity index (χ0n) is 18.3. The van der Waals surface area contributed by atoms with Gasteiger partial charge in [-0.2, -0.15) is 0 Å². The number of ketones is 1. The number of hydrogen-bond acceptors (Lipinski definition) is 5. The van der Waals surface area contributed by atoms with Gasteiger partial charge in [-0.05, 0) is 37.5 Å². The summed E-state index contributed by atoms with van der Waals surface area (Å²) in [4.78, 5) is 53.6. The topological polar surface area (TPSA) is 80.8 Å². The van der Waals surface area contributed by atoms with Crippen LogP contribution in [-0.2, 0) is 19.1 Å². The van der Waals surface area contributed by atoms with Gasteiger partial charge in [0.15, 0.2) is 12.4 Å². The van der Waals surface area contributed by atoms with Gasteiger partial charge < -0.3 is 4.74 Å². The van der Waals surface area contributed by atoms with Gasteiger partial charge in [-0.15, -0.1) is 0 Å². The largest absolute Gasteiger partial charge is 0.456 e. The van der Waals surface area contributed by atoms with E-state index in [4.69, 9.17) is 4.74 Å². The molecule has 1 aromatic carbocycles. The van der Waals surface area contributed by atoms with E-state index in [-0.39, 0.29) is 56.8 Å². The van der Waals surface area contributed by atoms with E-state index in [0.29, 0.717) is 12.0 Å². The van der Waals surface area contributed by atoms with Crippen molar-refractivity contribution in [2.45, 2.75) is 49.3 Å². The van der Waals surface area contributed by atoms with Crippen molar-refractivity contribution in [3.8, 4) is 0 Å². The number of halogens is 2. The van der Waals surface area contributed by atoms with Crippen molar-refractivity contribution in [1.29, 1.82) is 0 Å². The van der Waals surface area contributed by atoms with Crippen LogP contribution in [0.4, 0.5) is 0 Å². The molecule has 0 radical (unpaired) electrons. The fraction of sp³-hybridized carbons (Fsp3) is 0.583. The molecule has 1 heterocycles. The van der Waals surface area contributed by atoms with Crippen LogP contribution in [0.3, 0.4) is 0 Å². The summed E-state index contributed by atoms with van der Waals surface area (Å²) in [7, 11) is 0. The number of fused-ring (bicyclic) bond motifs is 5. The summed E-state index contributed by atoms with van der Waals surface area (Å²) in [6, 6.07) is 6.01. The fourth-order valence-corrected chi connectivity index (χ4v) is 7.36. The Bertz CT molecular complexity index is 914. The van der Waals surface area contributed by atoms with Crippen LogP contribution in [0.25, 0.3) is 0 Å². The number of rotatable bonds is 7. The average molecular weight is 569 g/mol. The lowest BCUT2D eigenvalue weighted by Crippen LogP contribution is -2.48. The lowest BCUT2D eigenvalue weighted by Gasteiger charge is -2.28. The number of benzene rings is 1. The van der Waals surface area contributed by atoms with Gasteiger partial charge in [0.05, 0.1) is 11.8 Å². The van der Waals surface area contributed by atoms with Crippen molar-refractivity contribution in [2.24, 2.45) is 29.6 Å². The molecule has 2 aliphatic carbocycles. The highest BCUT2D eigenvalue weighted by molar-refractivity contribution is 9.12. The van der Waals surface area contributed by atoms with Gasteiger partial charge in [0.25, 0.3) is 0 Å². The SMILES string of the molecule is Cc1ccc(C(=O)COC(=O)[C@@H](CC(C)C)N2C(=O)[C@@H]3[C@@H]4C[C@H]([C@H](Br)[C@@H]4Br)[C@@H]3C2=O)cc1. The molecule has 0 aromatic heterocycles. The highest BCUT2D eigenvalue weighted by atomic mass is 79.9. The maximum absolute atomic E-state index is 13.4. The van der Waals surface area contributed by atoms with Gasteiger partial charge in [0.1, 0.15) is 6.04 Å². The second-order valence-corrected chi connectivity index (χ2v) is 11.7. The van der Waals surface area contributed by atoms with Gasteiger partial charge in [-0.3, -0.25) is 19.3 Å². The van der Waals surface area contributed by atoms with Gasteiger partial charge in [-0.1, -0.05) is 75.5 Å². The number of hydrogen-bond donors (Lipinski definition) is 0. The zero-order valence-corrected chi connectivity index (χ0v) is 21.5. The minimum atomic E-state index is -1.01. The van der Waals surface area contributed by atoms with Crippen LogP contribution in [0.1, 0.15) is 42.6 Å². The third kappa shape index (κ3) is 3.98. The number of ether oxygens (including phenoxy) is 1. The number of alkyl halides is 2. The Morgan fingerprint density at radius 2 is 1.56 bits per heavy atom. The van der Waals surface area contributed by atoms with E-state index >= 15 is 0 Å². The molecule has 2 amide bonds. The molecule has 1 saturated heterocycles. The Labute approximate surface area is 204 Å². The first-order chi connectivity index (χ1) is 15.1. The summed E-state index contributed by atoms with van der Waals surface area (Å²) in [5, 5.41) is 0. The Morgan fingerprint density at radius 3 is 2.06 bits per heavy atom.